The van der Waals surface area contributed by atoms with Gasteiger partial charge >= 0.3 is 0 Å². The van der Waals surface area contributed by atoms with E-state index in [4.69, 9.17) is 0 Å². The second-order valence-corrected chi connectivity index (χ2v) is 5.27. The fraction of sp³-hybridized carbons (Fsp3) is 0.0667. The van der Waals surface area contributed by atoms with Gasteiger partial charge in [0.1, 0.15) is 6.33 Å². The van der Waals surface area contributed by atoms with Gasteiger partial charge in [-0.2, -0.15) is 0 Å². The first-order valence-corrected chi connectivity index (χ1v) is 7.17. The molecule has 0 aromatic carbocycles. The van der Waals surface area contributed by atoms with E-state index >= 15 is 0 Å². The number of nitrogens with zero attached hydrogens (tertiary/aromatic N) is 4. The number of pyridine rings is 1. The molecule has 3 heterocycles. The first-order chi connectivity index (χ1) is 10.3. The molecule has 0 atom stereocenters. The van der Waals surface area contributed by atoms with Crippen molar-refractivity contribution < 1.29 is 4.79 Å². The summed E-state index contributed by atoms with van der Waals surface area (Å²) < 4.78 is 0.906. The molecule has 0 saturated carbocycles. The lowest BCUT2D eigenvalue weighted by atomic mass is 10.2. The standard InChI is InChI=1S/C15H12N4OS/c1-19(13(20)5-4-11-3-2-7-16-9-11)15-14-12(6-8-21-14)17-10-18-15/h2-10H,1H3/b5-4+. The molecular formula is C15H12N4OS. The van der Waals surface area contributed by atoms with Crippen molar-refractivity contribution in [2.75, 3.05) is 11.9 Å². The quantitative estimate of drug-likeness (QED) is 0.697. The lowest BCUT2D eigenvalue weighted by molar-refractivity contribution is -0.113. The lowest BCUT2D eigenvalue weighted by Crippen LogP contribution is -2.25. The number of fused-ring (bicyclic) bond motifs is 1. The van der Waals surface area contributed by atoms with Crippen LogP contribution in [-0.2, 0) is 4.79 Å². The molecule has 0 aliphatic carbocycles. The van der Waals surface area contributed by atoms with Gasteiger partial charge in [-0.3, -0.25) is 14.7 Å². The summed E-state index contributed by atoms with van der Waals surface area (Å²) in [4.78, 5) is 26.2. The molecule has 6 heteroatoms. The summed E-state index contributed by atoms with van der Waals surface area (Å²) in [6, 6.07) is 5.63. The summed E-state index contributed by atoms with van der Waals surface area (Å²) in [6.45, 7) is 0. The highest BCUT2D eigenvalue weighted by Gasteiger charge is 2.14. The fourth-order valence-electron chi connectivity index (χ4n) is 1.87. The second kappa shape index (κ2) is 5.80. The van der Waals surface area contributed by atoms with Crippen molar-refractivity contribution in [2.45, 2.75) is 0 Å². The largest absolute Gasteiger partial charge is 0.295 e. The highest BCUT2D eigenvalue weighted by atomic mass is 32.1. The van der Waals surface area contributed by atoms with E-state index in [0.29, 0.717) is 5.82 Å². The highest BCUT2D eigenvalue weighted by Crippen LogP contribution is 2.27. The minimum atomic E-state index is -0.146. The van der Waals surface area contributed by atoms with Crippen LogP contribution >= 0.6 is 11.3 Å². The molecule has 3 aromatic rings. The van der Waals surface area contributed by atoms with Crippen molar-refractivity contribution in [3.63, 3.8) is 0 Å². The Morgan fingerprint density at radius 2 is 2.24 bits per heavy atom. The summed E-state index contributed by atoms with van der Waals surface area (Å²) in [5.74, 6) is 0.475. The van der Waals surface area contributed by atoms with Crippen LogP contribution in [0.2, 0.25) is 0 Å². The molecule has 3 aromatic heterocycles. The summed E-state index contributed by atoms with van der Waals surface area (Å²) in [6.07, 6.45) is 8.11. The first kappa shape index (κ1) is 13.4. The molecule has 0 fully saturated rings. The van der Waals surface area contributed by atoms with E-state index in [2.05, 4.69) is 15.0 Å². The predicted octanol–water partition coefficient (Wildman–Crippen LogP) is 2.76. The Labute approximate surface area is 125 Å². The number of rotatable bonds is 3. The monoisotopic (exact) mass is 296 g/mol. The van der Waals surface area contributed by atoms with E-state index in [1.54, 1.807) is 25.5 Å². The number of anilines is 1. The smallest absolute Gasteiger partial charge is 0.251 e. The van der Waals surface area contributed by atoms with Gasteiger partial charge in [-0.25, -0.2) is 9.97 Å². The SMILES string of the molecule is CN(C(=O)/C=C/c1cccnc1)c1ncnc2ccsc12. The maximum atomic E-state index is 12.2. The van der Waals surface area contributed by atoms with Gasteiger partial charge in [0.25, 0.3) is 5.91 Å². The third kappa shape index (κ3) is 2.80. The van der Waals surface area contributed by atoms with Gasteiger partial charge < -0.3 is 0 Å². The van der Waals surface area contributed by atoms with Crippen LogP contribution in [0.3, 0.4) is 0 Å². The van der Waals surface area contributed by atoms with Crippen LogP contribution in [0, 0.1) is 0 Å². The van der Waals surface area contributed by atoms with E-state index in [0.717, 1.165) is 15.8 Å². The van der Waals surface area contributed by atoms with Crippen LogP contribution in [-0.4, -0.2) is 27.9 Å². The minimum absolute atomic E-state index is 0.146. The molecule has 0 saturated heterocycles. The molecule has 0 unspecified atom stereocenters. The average Bonchev–Trinajstić information content (AvgIpc) is 3.01. The number of amides is 1. The van der Waals surface area contributed by atoms with Crippen LogP contribution in [0.1, 0.15) is 5.56 Å². The number of aromatic nitrogens is 3. The predicted molar refractivity (Wildman–Crippen MR) is 84.1 cm³/mol. The molecule has 21 heavy (non-hydrogen) atoms. The highest BCUT2D eigenvalue weighted by molar-refractivity contribution is 7.17. The Bertz CT molecular complexity index is 798. The van der Waals surface area contributed by atoms with Crippen molar-refractivity contribution in [1.82, 2.24) is 15.0 Å². The van der Waals surface area contributed by atoms with Crippen LogP contribution < -0.4 is 4.90 Å². The normalized spacial score (nSPS) is 11.1. The Hall–Kier alpha value is -2.60. The van der Waals surface area contributed by atoms with Gasteiger partial charge in [-0.1, -0.05) is 6.07 Å². The molecule has 0 radical (unpaired) electrons. The third-order valence-corrected chi connectivity index (χ3v) is 3.88. The van der Waals surface area contributed by atoms with Gasteiger partial charge in [-0.05, 0) is 29.2 Å². The van der Waals surface area contributed by atoms with Crippen LogP contribution in [0.5, 0.6) is 0 Å². The number of carbonyl (C=O) groups excluding carboxylic acids is 1. The Balaban J connectivity index is 1.85. The average molecular weight is 296 g/mol. The van der Waals surface area contributed by atoms with Crippen LogP contribution in [0.15, 0.2) is 48.4 Å². The van der Waals surface area contributed by atoms with Gasteiger partial charge in [0.2, 0.25) is 0 Å². The Morgan fingerprint density at radius 3 is 3.05 bits per heavy atom. The van der Waals surface area contributed by atoms with Crippen LogP contribution in [0.25, 0.3) is 16.3 Å². The number of thiophene rings is 1. The second-order valence-electron chi connectivity index (χ2n) is 4.35. The van der Waals surface area contributed by atoms with E-state index in [1.165, 1.54) is 28.6 Å². The number of hydrogen-bond acceptors (Lipinski definition) is 5. The van der Waals surface area contributed by atoms with Crippen molar-refractivity contribution in [3.8, 4) is 0 Å². The fourth-order valence-corrected chi connectivity index (χ4v) is 2.74. The maximum absolute atomic E-state index is 12.2. The van der Waals surface area contributed by atoms with E-state index < -0.39 is 0 Å². The van der Waals surface area contributed by atoms with E-state index in [9.17, 15) is 4.79 Å². The summed E-state index contributed by atoms with van der Waals surface area (Å²) in [7, 11) is 1.71. The summed E-state index contributed by atoms with van der Waals surface area (Å²) in [5, 5.41) is 1.94. The zero-order valence-electron chi connectivity index (χ0n) is 11.3. The minimum Gasteiger partial charge on any atom is -0.295 e. The summed E-state index contributed by atoms with van der Waals surface area (Å²) >= 11 is 1.52. The lowest BCUT2D eigenvalue weighted by Gasteiger charge is -2.14. The van der Waals surface area contributed by atoms with Gasteiger partial charge in [0.15, 0.2) is 5.82 Å². The van der Waals surface area contributed by atoms with Gasteiger partial charge in [-0.15, -0.1) is 11.3 Å². The van der Waals surface area contributed by atoms with Gasteiger partial charge in [0, 0.05) is 25.5 Å². The molecular weight excluding hydrogens is 284 g/mol. The molecule has 1 amide bonds. The number of likely N-dealkylation sites (N-methyl/N-ethyl adjacent to an activating group) is 1. The van der Waals surface area contributed by atoms with Crippen molar-refractivity contribution in [3.05, 3.63) is 53.9 Å². The maximum Gasteiger partial charge on any atom is 0.251 e. The molecule has 104 valence electrons. The molecule has 0 aliphatic heterocycles. The number of hydrogen-bond donors (Lipinski definition) is 0. The zero-order chi connectivity index (χ0) is 14.7. The van der Waals surface area contributed by atoms with Crippen molar-refractivity contribution >= 4 is 39.4 Å². The molecule has 5 nitrogen and oxygen atoms in total. The Kier molecular flexibility index (Phi) is 3.70. The zero-order valence-corrected chi connectivity index (χ0v) is 12.1. The molecule has 3 rings (SSSR count). The van der Waals surface area contributed by atoms with Crippen molar-refractivity contribution in [1.29, 1.82) is 0 Å². The summed E-state index contributed by atoms with van der Waals surface area (Å²) in [5.41, 5.74) is 1.73. The molecule has 0 spiro atoms. The van der Waals surface area contributed by atoms with Crippen LogP contribution in [0.4, 0.5) is 5.82 Å². The Morgan fingerprint density at radius 1 is 1.33 bits per heavy atom. The third-order valence-electron chi connectivity index (χ3n) is 2.98. The molecule has 0 bridgehead atoms. The van der Waals surface area contributed by atoms with E-state index in [1.807, 2.05) is 23.6 Å². The topological polar surface area (TPSA) is 59.0 Å². The first-order valence-electron chi connectivity index (χ1n) is 6.30. The number of carbonyl (C=O) groups is 1. The van der Waals surface area contributed by atoms with Gasteiger partial charge in [0.05, 0.1) is 10.2 Å². The van der Waals surface area contributed by atoms with Crippen molar-refractivity contribution in [2.24, 2.45) is 0 Å². The molecule has 0 aliphatic rings. The van der Waals surface area contributed by atoms with E-state index in [-0.39, 0.29) is 5.91 Å². The molecule has 0 N–H and O–H groups in total.